The number of hydrogen-bond acceptors (Lipinski definition) is 3. The largest absolute Gasteiger partial charge is 0.316 e. The number of ketones is 1. The molecule has 0 radical (unpaired) electrons. The predicted molar refractivity (Wildman–Crippen MR) is 48.5 cm³/mol. The fourth-order valence-corrected chi connectivity index (χ4v) is 1.12. The highest BCUT2D eigenvalue weighted by Gasteiger charge is 2.23. The van der Waals surface area contributed by atoms with Gasteiger partial charge >= 0.3 is 0 Å². The molecule has 0 aliphatic heterocycles. The molecule has 0 aliphatic carbocycles. The first-order chi connectivity index (χ1) is 5.00. The summed E-state index contributed by atoms with van der Waals surface area (Å²) in [5.74, 6) is 0.945. The summed E-state index contributed by atoms with van der Waals surface area (Å²) in [6, 6.07) is 0. The zero-order valence-electron chi connectivity index (χ0n) is 7.64. The molecule has 0 fully saturated rings. The van der Waals surface area contributed by atoms with Gasteiger partial charge in [-0.1, -0.05) is 13.8 Å². The van der Waals surface area contributed by atoms with E-state index in [2.05, 4.69) is 0 Å². The van der Waals surface area contributed by atoms with E-state index in [1.54, 1.807) is 6.92 Å². The van der Waals surface area contributed by atoms with Gasteiger partial charge in [-0.25, -0.2) is 0 Å². The summed E-state index contributed by atoms with van der Waals surface area (Å²) in [5.41, 5.74) is -0.250. The molecule has 0 saturated heterocycles. The van der Waals surface area contributed by atoms with Crippen LogP contribution < -0.4 is 0 Å². The van der Waals surface area contributed by atoms with Crippen molar-refractivity contribution in [2.24, 2.45) is 5.41 Å². The molecule has 0 aliphatic rings. The highest BCUT2D eigenvalue weighted by Crippen LogP contribution is 2.22. The lowest BCUT2D eigenvalue weighted by molar-refractivity contribution is -0.123. The van der Waals surface area contributed by atoms with Gasteiger partial charge in [0.2, 0.25) is 0 Å². The number of Topliss-reactive ketones (excluding diaryl/α,β-unsaturated/α-hetero) is 1. The number of carbonyl (C=O) groups excluding carboxylic acids is 1. The van der Waals surface area contributed by atoms with E-state index in [9.17, 15) is 4.79 Å². The van der Waals surface area contributed by atoms with Gasteiger partial charge in [-0.3, -0.25) is 4.79 Å². The first-order valence-corrected chi connectivity index (χ1v) is 4.67. The van der Waals surface area contributed by atoms with Crippen LogP contribution in [0.5, 0.6) is 0 Å². The standard InChI is InChI=1S/C8H16O2S/c1-5-10-11-6-8(3,4)7(2)9/h5-6H2,1-4H3. The summed E-state index contributed by atoms with van der Waals surface area (Å²) < 4.78 is 5.08. The van der Waals surface area contributed by atoms with Gasteiger partial charge in [0.1, 0.15) is 5.78 Å². The highest BCUT2D eigenvalue weighted by molar-refractivity contribution is 7.94. The molecule has 0 atom stereocenters. The smallest absolute Gasteiger partial charge is 0.136 e. The minimum absolute atomic E-state index is 0.213. The molecule has 0 amide bonds. The van der Waals surface area contributed by atoms with E-state index in [0.717, 1.165) is 5.75 Å². The van der Waals surface area contributed by atoms with Crippen LogP contribution in [0.15, 0.2) is 0 Å². The topological polar surface area (TPSA) is 26.3 Å². The van der Waals surface area contributed by atoms with E-state index < -0.39 is 0 Å². The van der Waals surface area contributed by atoms with Crippen LogP contribution in [0.2, 0.25) is 0 Å². The SMILES string of the molecule is CCOSCC(C)(C)C(C)=O. The van der Waals surface area contributed by atoms with Crippen LogP contribution in [0.3, 0.4) is 0 Å². The lowest BCUT2D eigenvalue weighted by atomic mass is 9.92. The molecule has 0 aromatic heterocycles. The number of rotatable bonds is 5. The van der Waals surface area contributed by atoms with Crippen LogP contribution in [-0.2, 0) is 8.98 Å². The van der Waals surface area contributed by atoms with Gasteiger partial charge in [0.05, 0.1) is 6.61 Å². The Kier molecular flexibility index (Phi) is 4.77. The van der Waals surface area contributed by atoms with Crippen molar-refractivity contribution in [1.82, 2.24) is 0 Å². The maximum absolute atomic E-state index is 11.0. The van der Waals surface area contributed by atoms with Crippen LogP contribution in [0.1, 0.15) is 27.7 Å². The normalized spacial score (nSPS) is 11.6. The Morgan fingerprint density at radius 1 is 1.55 bits per heavy atom. The van der Waals surface area contributed by atoms with Crippen LogP contribution in [0.25, 0.3) is 0 Å². The van der Waals surface area contributed by atoms with Gasteiger partial charge in [-0.05, 0) is 25.9 Å². The van der Waals surface area contributed by atoms with E-state index in [1.807, 2.05) is 20.8 Å². The quantitative estimate of drug-likeness (QED) is 0.475. The van der Waals surface area contributed by atoms with Crippen molar-refractivity contribution in [2.75, 3.05) is 12.4 Å². The minimum Gasteiger partial charge on any atom is -0.316 e. The molecule has 2 nitrogen and oxygen atoms in total. The molecule has 0 heterocycles. The van der Waals surface area contributed by atoms with Crippen LogP contribution in [-0.4, -0.2) is 18.1 Å². The second kappa shape index (κ2) is 4.78. The fraction of sp³-hybridized carbons (Fsp3) is 0.875. The number of hydrogen-bond donors (Lipinski definition) is 0. The second-order valence-corrected chi connectivity index (χ2v) is 3.87. The lowest BCUT2D eigenvalue weighted by Crippen LogP contribution is -2.24. The Balaban J connectivity index is 3.64. The van der Waals surface area contributed by atoms with Crippen LogP contribution in [0.4, 0.5) is 0 Å². The summed E-state index contributed by atoms with van der Waals surface area (Å²) in [7, 11) is 0. The summed E-state index contributed by atoms with van der Waals surface area (Å²) in [6.45, 7) is 8.11. The van der Waals surface area contributed by atoms with Crippen molar-refractivity contribution < 1.29 is 8.98 Å². The zero-order valence-corrected chi connectivity index (χ0v) is 8.46. The van der Waals surface area contributed by atoms with Crippen molar-refractivity contribution in [3.8, 4) is 0 Å². The Bertz CT molecular complexity index is 132. The van der Waals surface area contributed by atoms with Gasteiger partial charge in [-0.2, -0.15) is 0 Å². The van der Waals surface area contributed by atoms with Crippen molar-refractivity contribution in [1.29, 1.82) is 0 Å². The Morgan fingerprint density at radius 3 is 2.45 bits per heavy atom. The van der Waals surface area contributed by atoms with E-state index in [0.29, 0.717) is 6.61 Å². The third-order valence-electron chi connectivity index (χ3n) is 1.57. The maximum atomic E-state index is 11.0. The molecule has 0 saturated carbocycles. The molecule has 0 aromatic rings. The van der Waals surface area contributed by atoms with Crippen LogP contribution in [0, 0.1) is 5.41 Å². The van der Waals surface area contributed by atoms with E-state index in [1.165, 1.54) is 12.0 Å². The Morgan fingerprint density at radius 2 is 2.09 bits per heavy atom. The monoisotopic (exact) mass is 176 g/mol. The third-order valence-corrected chi connectivity index (χ3v) is 2.82. The van der Waals surface area contributed by atoms with Gasteiger partial charge in [0.25, 0.3) is 0 Å². The number of carbonyl (C=O) groups is 1. The molecule has 0 spiro atoms. The van der Waals surface area contributed by atoms with E-state index >= 15 is 0 Å². The molecular formula is C8H16O2S. The van der Waals surface area contributed by atoms with Crippen molar-refractivity contribution in [2.45, 2.75) is 27.7 Å². The van der Waals surface area contributed by atoms with Crippen LogP contribution >= 0.6 is 12.0 Å². The van der Waals surface area contributed by atoms with E-state index in [-0.39, 0.29) is 11.2 Å². The van der Waals surface area contributed by atoms with Crippen molar-refractivity contribution in [3.05, 3.63) is 0 Å². The van der Waals surface area contributed by atoms with Gasteiger partial charge in [0, 0.05) is 11.2 Å². The molecule has 0 unspecified atom stereocenters. The van der Waals surface area contributed by atoms with Gasteiger partial charge in [-0.15, -0.1) is 0 Å². The van der Waals surface area contributed by atoms with Crippen molar-refractivity contribution in [3.63, 3.8) is 0 Å². The molecule has 0 bridgehead atoms. The molecule has 11 heavy (non-hydrogen) atoms. The maximum Gasteiger partial charge on any atom is 0.136 e. The average molecular weight is 176 g/mol. The predicted octanol–water partition coefficient (Wildman–Crippen LogP) is 2.29. The molecule has 0 aromatic carbocycles. The van der Waals surface area contributed by atoms with Gasteiger partial charge < -0.3 is 4.18 Å². The van der Waals surface area contributed by atoms with Crippen molar-refractivity contribution >= 4 is 17.8 Å². The van der Waals surface area contributed by atoms with E-state index in [4.69, 9.17) is 4.18 Å². The average Bonchev–Trinajstić information content (AvgIpc) is 1.88. The minimum atomic E-state index is -0.250. The Hall–Kier alpha value is -0.0200. The molecule has 0 N–H and O–H groups in total. The molecule has 3 heteroatoms. The summed E-state index contributed by atoms with van der Waals surface area (Å²) >= 11 is 1.37. The summed E-state index contributed by atoms with van der Waals surface area (Å²) in [4.78, 5) is 11.0. The molecular weight excluding hydrogens is 160 g/mol. The fourth-order valence-electron chi connectivity index (χ4n) is 0.374. The zero-order chi connectivity index (χ0) is 8.91. The highest BCUT2D eigenvalue weighted by atomic mass is 32.2. The first kappa shape index (κ1) is 11.0. The summed E-state index contributed by atoms with van der Waals surface area (Å²) in [6.07, 6.45) is 0. The Labute approximate surface area is 72.9 Å². The third kappa shape index (κ3) is 4.43. The lowest BCUT2D eigenvalue weighted by Gasteiger charge is -2.19. The second-order valence-electron chi connectivity index (χ2n) is 3.11. The molecule has 66 valence electrons. The first-order valence-electron chi connectivity index (χ1n) is 3.76. The van der Waals surface area contributed by atoms with Gasteiger partial charge in [0.15, 0.2) is 0 Å². The summed E-state index contributed by atoms with van der Waals surface area (Å²) in [5, 5.41) is 0. The molecule has 0 rings (SSSR count).